The highest BCUT2D eigenvalue weighted by Crippen LogP contribution is 2.24. The van der Waals surface area contributed by atoms with Gasteiger partial charge in [-0.15, -0.1) is 0 Å². The van der Waals surface area contributed by atoms with E-state index in [9.17, 15) is 24.3 Å². The SMILES string of the molecule is O=C1N[C@H](C(=O)O)COCCOc2cccc(c2)C[C@H](N2CCCC2=O)C(=O)C[C@H]1CCc1ccccc1. The van der Waals surface area contributed by atoms with Gasteiger partial charge in [0, 0.05) is 31.7 Å². The third-order valence-corrected chi connectivity index (χ3v) is 7.02. The number of Topliss-reactive ketones (excluding diaryl/α,β-unsaturated/α-hetero) is 1. The van der Waals surface area contributed by atoms with Crippen LogP contribution < -0.4 is 10.1 Å². The molecule has 4 rings (SSSR count). The predicted octanol–water partition coefficient (Wildman–Crippen LogP) is 2.41. The van der Waals surface area contributed by atoms with Crippen LogP contribution in [0.3, 0.4) is 0 Å². The van der Waals surface area contributed by atoms with Gasteiger partial charge in [-0.2, -0.15) is 0 Å². The van der Waals surface area contributed by atoms with Crippen LogP contribution in [0.1, 0.15) is 36.8 Å². The number of carboxylic acids is 1. The van der Waals surface area contributed by atoms with Crippen molar-refractivity contribution in [2.75, 3.05) is 26.4 Å². The van der Waals surface area contributed by atoms with Crippen molar-refractivity contribution in [1.82, 2.24) is 10.2 Å². The molecule has 2 aliphatic heterocycles. The van der Waals surface area contributed by atoms with Crippen LogP contribution in [0, 0.1) is 5.92 Å². The molecule has 0 unspecified atom stereocenters. The van der Waals surface area contributed by atoms with Crippen molar-refractivity contribution < 1.29 is 33.8 Å². The maximum Gasteiger partial charge on any atom is 0.328 e. The summed E-state index contributed by atoms with van der Waals surface area (Å²) in [7, 11) is 0. The molecule has 0 spiro atoms. The van der Waals surface area contributed by atoms with Gasteiger partial charge in [0.05, 0.1) is 19.3 Å². The first kappa shape index (κ1) is 27.3. The number of carboxylic acid groups (broad SMARTS) is 1. The average molecular weight is 523 g/mol. The minimum atomic E-state index is -1.26. The summed E-state index contributed by atoms with van der Waals surface area (Å²) in [5, 5.41) is 12.2. The lowest BCUT2D eigenvalue weighted by Crippen LogP contribution is -2.48. The minimum absolute atomic E-state index is 0.0708. The van der Waals surface area contributed by atoms with E-state index in [0.717, 1.165) is 11.1 Å². The molecule has 1 fully saturated rings. The average Bonchev–Trinajstić information content (AvgIpc) is 3.34. The van der Waals surface area contributed by atoms with Crippen LogP contribution in [0.15, 0.2) is 54.6 Å². The largest absolute Gasteiger partial charge is 0.491 e. The Labute approximate surface area is 222 Å². The van der Waals surface area contributed by atoms with Gasteiger partial charge >= 0.3 is 5.97 Å². The Morgan fingerprint density at radius 1 is 1.03 bits per heavy atom. The molecule has 1 saturated heterocycles. The Morgan fingerprint density at radius 3 is 2.58 bits per heavy atom. The fourth-order valence-electron chi connectivity index (χ4n) is 4.96. The smallest absolute Gasteiger partial charge is 0.328 e. The van der Waals surface area contributed by atoms with E-state index in [2.05, 4.69) is 5.32 Å². The van der Waals surface area contributed by atoms with Crippen LogP contribution in [0.2, 0.25) is 0 Å². The van der Waals surface area contributed by atoms with Crippen molar-refractivity contribution in [3.63, 3.8) is 0 Å². The van der Waals surface area contributed by atoms with Gasteiger partial charge in [0.25, 0.3) is 0 Å². The van der Waals surface area contributed by atoms with Gasteiger partial charge < -0.3 is 24.8 Å². The Bertz CT molecular complexity index is 1140. The third kappa shape index (κ3) is 7.41. The Kier molecular flexibility index (Phi) is 9.48. The first-order valence-electron chi connectivity index (χ1n) is 13.1. The molecule has 3 atom stereocenters. The van der Waals surface area contributed by atoms with Crippen molar-refractivity contribution in [2.24, 2.45) is 5.92 Å². The van der Waals surface area contributed by atoms with Crippen LogP contribution >= 0.6 is 0 Å². The number of aliphatic carboxylic acids is 1. The molecule has 0 radical (unpaired) electrons. The van der Waals surface area contributed by atoms with E-state index in [1.165, 1.54) is 0 Å². The molecule has 202 valence electrons. The number of hydrogen-bond acceptors (Lipinski definition) is 6. The molecule has 2 aromatic carbocycles. The van der Waals surface area contributed by atoms with Crippen LogP contribution in [-0.4, -0.2) is 72.0 Å². The number of carbonyl (C=O) groups excluding carboxylic acids is 3. The van der Waals surface area contributed by atoms with E-state index in [0.29, 0.717) is 44.4 Å². The van der Waals surface area contributed by atoms with Crippen molar-refractivity contribution >= 4 is 23.6 Å². The summed E-state index contributed by atoms with van der Waals surface area (Å²) in [6.07, 6.45) is 2.20. The fraction of sp³-hybridized carbons (Fsp3) is 0.448. The lowest BCUT2D eigenvalue weighted by Gasteiger charge is -2.29. The molecule has 2 bridgehead atoms. The van der Waals surface area contributed by atoms with Gasteiger partial charge in [0.15, 0.2) is 11.8 Å². The third-order valence-electron chi connectivity index (χ3n) is 7.02. The maximum absolute atomic E-state index is 13.8. The van der Waals surface area contributed by atoms with Crippen molar-refractivity contribution in [3.8, 4) is 5.75 Å². The van der Waals surface area contributed by atoms with Crippen molar-refractivity contribution in [1.29, 1.82) is 0 Å². The van der Waals surface area contributed by atoms with Gasteiger partial charge in [-0.3, -0.25) is 14.4 Å². The van der Waals surface area contributed by atoms with E-state index in [-0.39, 0.29) is 37.9 Å². The number of fused-ring (bicyclic) bond motifs is 2. The summed E-state index contributed by atoms with van der Waals surface area (Å²) < 4.78 is 11.2. The predicted molar refractivity (Wildman–Crippen MR) is 139 cm³/mol. The molecule has 0 aromatic heterocycles. The second kappa shape index (κ2) is 13.2. The Hall–Kier alpha value is -3.72. The molecule has 38 heavy (non-hydrogen) atoms. The molecule has 9 heteroatoms. The van der Waals surface area contributed by atoms with Crippen LogP contribution in [0.5, 0.6) is 5.75 Å². The second-order valence-corrected chi connectivity index (χ2v) is 9.77. The number of ether oxygens (including phenoxy) is 2. The van der Waals surface area contributed by atoms with Crippen LogP contribution in [0.4, 0.5) is 0 Å². The molecule has 2 aliphatic rings. The fourth-order valence-corrected chi connectivity index (χ4v) is 4.96. The highest BCUT2D eigenvalue weighted by molar-refractivity contribution is 5.94. The number of ketones is 1. The minimum Gasteiger partial charge on any atom is -0.491 e. The monoisotopic (exact) mass is 522 g/mol. The number of aryl methyl sites for hydroxylation is 1. The first-order chi connectivity index (χ1) is 18.4. The number of hydrogen-bond donors (Lipinski definition) is 2. The number of benzene rings is 2. The zero-order valence-corrected chi connectivity index (χ0v) is 21.3. The van der Waals surface area contributed by atoms with Gasteiger partial charge in [-0.05, 0) is 42.5 Å². The first-order valence-corrected chi connectivity index (χ1v) is 13.1. The summed E-state index contributed by atoms with van der Waals surface area (Å²) >= 11 is 0. The van der Waals surface area contributed by atoms with Crippen molar-refractivity contribution in [2.45, 2.75) is 50.6 Å². The van der Waals surface area contributed by atoms with E-state index < -0.39 is 29.9 Å². The molecule has 2 heterocycles. The molecule has 9 nitrogen and oxygen atoms in total. The number of nitrogens with zero attached hydrogens (tertiary/aromatic N) is 1. The van der Waals surface area contributed by atoms with Gasteiger partial charge in [0.1, 0.15) is 12.4 Å². The van der Waals surface area contributed by atoms with E-state index in [4.69, 9.17) is 9.47 Å². The summed E-state index contributed by atoms with van der Waals surface area (Å²) in [5.41, 5.74) is 1.87. The molecule has 0 aliphatic carbocycles. The van der Waals surface area contributed by atoms with E-state index >= 15 is 0 Å². The molecule has 2 amide bonds. The number of rotatable bonds is 5. The summed E-state index contributed by atoms with van der Waals surface area (Å²) in [6, 6.07) is 15.0. The number of amides is 2. The van der Waals surface area contributed by atoms with Crippen molar-refractivity contribution in [3.05, 3.63) is 65.7 Å². The highest BCUT2D eigenvalue weighted by atomic mass is 16.5. The van der Waals surface area contributed by atoms with E-state index in [1.54, 1.807) is 11.0 Å². The summed E-state index contributed by atoms with van der Waals surface area (Å²) in [5.74, 6) is -2.18. The molecular weight excluding hydrogens is 488 g/mol. The molecular formula is C29H34N2O7. The molecule has 2 N–H and O–H groups in total. The molecule has 0 saturated carbocycles. The second-order valence-electron chi connectivity index (χ2n) is 9.77. The van der Waals surface area contributed by atoms with Crippen LogP contribution in [0.25, 0.3) is 0 Å². The van der Waals surface area contributed by atoms with E-state index in [1.807, 2.05) is 48.5 Å². The van der Waals surface area contributed by atoms with Crippen LogP contribution in [-0.2, 0) is 36.8 Å². The zero-order valence-electron chi connectivity index (χ0n) is 21.3. The van der Waals surface area contributed by atoms with Gasteiger partial charge in [-0.1, -0.05) is 42.5 Å². The lowest BCUT2D eigenvalue weighted by atomic mass is 9.89. The number of likely N-dealkylation sites (tertiary alicyclic amines) is 1. The topological polar surface area (TPSA) is 122 Å². The highest BCUT2D eigenvalue weighted by Gasteiger charge is 2.35. The quantitative estimate of drug-likeness (QED) is 0.618. The maximum atomic E-state index is 13.8. The lowest BCUT2D eigenvalue weighted by molar-refractivity contribution is -0.145. The summed E-state index contributed by atoms with van der Waals surface area (Å²) in [6.45, 7) is 0.598. The summed E-state index contributed by atoms with van der Waals surface area (Å²) in [4.78, 5) is 53.2. The normalized spacial score (nSPS) is 23.5. The number of nitrogens with one attached hydrogen (secondary N) is 1. The standard InChI is InChI=1S/C29H34N2O7/c32-26-18-22(12-11-20-6-2-1-3-7-20)28(34)30-24(29(35)36)19-37-14-15-38-23-9-4-8-21(16-23)17-25(26)31-13-5-10-27(31)33/h1-4,6-9,16,22,24-25H,5,10-15,17-19H2,(H,30,34)(H,35,36)/t22-,24+,25+/m1/s1. The van der Waals surface area contributed by atoms with Gasteiger partial charge in [0.2, 0.25) is 11.8 Å². The van der Waals surface area contributed by atoms with Gasteiger partial charge in [-0.25, -0.2) is 4.79 Å². The Morgan fingerprint density at radius 2 is 1.84 bits per heavy atom. The Balaban J connectivity index is 1.62. The zero-order chi connectivity index (χ0) is 26.9. The number of carbonyl (C=O) groups is 4. The molecule has 2 aromatic rings.